The van der Waals surface area contributed by atoms with Crippen molar-refractivity contribution < 1.29 is 9.63 Å². The fourth-order valence-electron chi connectivity index (χ4n) is 1.76. The molecular weight excluding hydrogens is 298 g/mol. The Morgan fingerprint density at radius 1 is 1.35 bits per heavy atom. The van der Waals surface area contributed by atoms with Crippen LogP contribution in [0, 0.1) is 6.92 Å². The van der Waals surface area contributed by atoms with E-state index in [1.807, 2.05) is 12.3 Å². The van der Waals surface area contributed by atoms with E-state index < -0.39 is 0 Å². The number of aromatic nitrogens is 3. The number of phenolic OH excluding ortho intramolecular Hbond substituents is 1. The van der Waals surface area contributed by atoms with Crippen LogP contribution in [0.4, 0.5) is 0 Å². The molecule has 0 aliphatic carbocycles. The molecule has 102 valence electrons. The Hall–Kier alpha value is -1.92. The summed E-state index contributed by atoms with van der Waals surface area (Å²) in [5.41, 5.74) is 1.42. The minimum atomic E-state index is 0.0966. The summed E-state index contributed by atoms with van der Waals surface area (Å²) in [5.74, 6) is 0.914. The number of hydrogen-bond acceptors (Lipinski definition) is 6. The van der Waals surface area contributed by atoms with Gasteiger partial charge in [-0.05, 0) is 25.1 Å². The minimum Gasteiger partial charge on any atom is -0.508 e. The largest absolute Gasteiger partial charge is 0.508 e. The zero-order valence-corrected chi connectivity index (χ0v) is 12.1. The number of phenols is 1. The van der Waals surface area contributed by atoms with Gasteiger partial charge >= 0.3 is 0 Å². The zero-order valence-electron chi connectivity index (χ0n) is 10.5. The average molecular weight is 308 g/mol. The number of nitrogens with zero attached hydrogens (tertiary/aromatic N) is 3. The first-order chi connectivity index (χ1) is 9.61. The molecule has 0 amide bonds. The minimum absolute atomic E-state index is 0.0966. The number of rotatable bonds is 3. The zero-order chi connectivity index (χ0) is 14.1. The monoisotopic (exact) mass is 307 g/mol. The summed E-state index contributed by atoms with van der Waals surface area (Å²) in [7, 11) is 0. The van der Waals surface area contributed by atoms with Crippen molar-refractivity contribution in [3.63, 3.8) is 0 Å². The van der Waals surface area contributed by atoms with Gasteiger partial charge in [0.2, 0.25) is 0 Å². The summed E-state index contributed by atoms with van der Waals surface area (Å²) in [6.45, 7) is 1.95. The summed E-state index contributed by atoms with van der Waals surface area (Å²) in [6.07, 6.45) is 0.504. The van der Waals surface area contributed by atoms with Gasteiger partial charge in [0.05, 0.1) is 27.7 Å². The van der Waals surface area contributed by atoms with Crippen LogP contribution in [0.25, 0.3) is 11.5 Å². The molecule has 7 heteroatoms. The van der Waals surface area contributed by atoms with Gasteiger partial charge in [-0.3, -0.25) is 0 Å². The highest BCUT2D eigenvalue weighted by atomic mass is 35.5. The van der Waals surface area contributed by atoms with Crippen molar-refractivity contribution in [2.24, 2.45) is 0 Å². The lowest BCUT2D eigenvalue weighted by atomic mass is 10.2. The maximum absolute atomic E-state index is 9.49. The van der Waals surface area contributed by atoms with Crippen LogP contribution in [0.1, 0.15) is 16.5 Å². The second-order valence-corrected chi connectivity index (χ2v) is 5.68. The number of benzene rings is 1. The molecule has 0 spiro atoms. The van der Waals surface area contributed by atoms with Gasteiger partial charge in [-0.1, -0.05) is 16.8 Å². The van der Waals surface area contributed by atoms with Crippen molar-refractivity contribution in [3.8, 4) is 17.2 Å². The Morgan fingerprint density at radius 3 is 2.95 bits per heavy atom. The predicted octanol–water partition coefficient (Wildman–Crippen LogP) is 3.45. The van der Waals surface area contributed by atoms with E-state index in [-0.39, 0.29) is 11.6 Å². The standard InChI is InChI=1S/C13H10ClN3O2S/c1-7-15-8(6-20-7)4-12-16-13(19-17-12)10-5-9(18)2-3-11(10)14/h2-3,5-6,18H,4H2,1H3. The second kappa shape index (κ2) is 5.22. The number of hydrogen-bond donors (Lipinski definition) is 1. The first kappa shape index (κ1) is 13.1. The van der Waals surface area contributed by atoms with E-state index in [1.165, 1.54) is 12.1 Å². The lowest BCUT2D eigenvalue weighted by Crippen LogP contribution is -1.91. The molecule has 0 bridgehead atoms. The quantitative estimate of drug-likeness (QED) is 0.802. The van der Waals surface area contributed by atoms with Gasteiger partial charge in [-0.25, -0.2) is 4.98 Å². The Bertz CT molecular complexity index is 754. The average Bonchev–Trinajstić information content (AvgIpc) is 3.02. The van der Waals surface area contributed by atoms with Gasteiger partial charge < -0.3 is 9.63 Å². The van der Waals surface area contributed by atoms with Crippen molar-refractivity contribution in [2.45, 2.75) is 13.3 Å². The smallest absolute Gasteiger partial charge is 0.259 e. The molecule has 0 saturated carbocycles. The highest BCUT2D eigenvalue weighted by molar-refractivity contribution is 7.09. The highest BCUT2D eigenvalue weighted by Crippen LogP contribution is 2.30. The summed E-state index contributed by atoms with van der Waals surface area (Å²) >= 11 is 7.63. The first-order valence-electron chi connectivity index (χ1n) is 5.84. The molecule has 2 aromatic heterocycles. The molecule has 0 atom stereocenters. The molecule has 3 rings (SSSR count). The first-order valence-corrected chi connectivity index (χ1v) is 7.10. The van der Waals surface area contributed by atoms with Crippen LogP contribution >= 0.6 is 22.9 Å². The third-order valence-corrected chi connectivity index (χ3v) is 3.81. The number of thiazole rings is 1. The van der Waals surface area contributed by atoms with Crippen LogP contribution in [0.5, 0.6) is 5.75 Å². The Morgan fingerprint density at radius 2 is 2.20 bits per heavy atom. The molecule has 0 unspecified atom stereocenters. The van der Waals surface area contributed by atoms with E-state index in [4.69, 9.17) is 16.1 Å². The molecule has 5 nitrogen and oxygen atoms in total. The molecule has 0 aliphatic rings. The molecular formula is C13H10ClN3O2S. The van der Waals surface area contributed by atoms with Crippen molar-refractivity contribution in [3.05, 3.63) is 45.1 Å². The molecule has 0 aliphatic heterocycles. The maximum Gasteiger partial charge on any atom is 0.259 e. The van der Waals surface area contributed by atoms with Crippen molar-refractivity contribution in [1.82, 2.24) is 15.1 Å². The molecule has 1 aromatic carbocycles. The van der Waals surface area contributed by atoms with Gasteiger partial charge in [0, 0.05) is 5.38 Å². The summed E-state index contributed by atoms with van der Waals surface area (Å²) < 4.78 is 5.18. The van der Waals surface area contributed by atoms with Gasteiger partial charge in [0.15, 0.2) is 5.82 Å². The van der Waals surface area contributed by atoms with Crippen LogP contribution in [0.3, 0.4) is 0 Å². The van der Waals surface area contributed by atoms with Crippen LogP contribution in [-0.2, 0) is 6.42 Å². The van der Waals surface area contributed by atoms with Gasteiger partial charge in [0.25, 0.3) is 5.89 Å². The summed E-state index contributed by atoms with van der Waals surface area (Å²) in [5, 5.41) is 16.8. The molecule has 3 aromatic rings. The molecule has 0 fully saturated rings. The summed E-state index contributed by atoms with van der Waals surface area (Å²) in [4.78, 5) is 8.63. The van der Waals surface area contributed by atoms with Gasteiger partial charge in [-0.2, -0.15) is 4.98 Å². The maximum atomic E-state index is 9.49. The Labute approximate surface area is 123 Å². The van der Waals surface area contributed by atoms with Crippen LogP contribution < -0.4 is 0 Å². The van der Waals surface area contributed by atoms with E-state index in [1.54, 1.807) is 17.4 Å². The molecule has 2 heterocycles. The number of aromatic hydroxyl groups is 1. The van der Waals surface area contributed by atoms with E-state index >= 15 is 0 Å². The van der Waals surface area contributed by atoms with Gasteiger partial charge in [-0.15, -0.1) is 11.3 Å². The SMILES string of the molecule is Cc1nc(Cc2noc(-c3cc(O)ccc3Cl)n2)cs1. The normalized spacial score (nSPS) is 10.9. The number of halogens is 1. The highest BCUT2D eigenvalue weighted by Gasteiger charge is 2.14. The molecule has 0 radical (unpaired) electrons. The van der Waals surface area contributed by atoms with Crippen molar-refractivity contribution in [2.75, 3.05) is 0 Å². The van der Waals surface area contributed by atoms with E-state index in [0.29, 0.717) is 22.8 Å². The molecule has 20 heavy (non-hydrogen) atoms. The third kappa shape index (κ3) is 2.66. The van der Waals surface area contributed by atoms with E-state index in [9.17, 15) is 5.11 Å². The van der Waals surface area contributed by atoms with Crippen molar-refractivity contribution >= 4 is 22.9 Å². The van der Waals surface area contributed by atoms with Crippen LogP contribution in [0.15, 0.2) is 28.1 Å². The second-order valence-electron chi connectivity index (χ2n) is 4.21. The lowest BCUT2D eigenvalue weighted by molar-refractivity contribution is 0.423. The van der Waals surface area contributed by atoms with Crippen molar-refractivity contribution in [1.29, 1.82) is 0 Å². The lowest BCUT2D eigenvalue weighted by Gasteiger charge is -1.98. The van der Waals surface area contributed by atoms with Crippen LogP contribution in [0.2, 0.25) is 5.02 Å². The van der Waals surface area contributed by atoms with E-state index in [2.05, 4.69) is 15.1 Å². The third-order valence-electron chi connectivity index (χ3n) is 2.65. The molecule has 0 saturated heterocycles. The van der Waals surface area contributed by atoms with E-state index in [0.717, 1.165) is 10.7 Å². The fourth-order valence-corrected chi connectivity index (χ4v) is 2.57. The number of aryl methyl sites for hydroxylation is 1. The Kier molecular flexibility index (Phi) is 3.42. The van der Waals surface area contributed by atoms with Gasteiger partial charge in [0.1, 0.15) is 5.75 Å². The summed E-state index contributed by atoms with van der Waals surface area (Å²) in [6, 6.07) is 4.58. The predicted molar refractivity (Wildman–Crippen MR) is 76.1 cm³/mol. The topological polar surface area (TPSA) is 72.0 Å². The fraction of sp³-hybridized carbons (Fsp3) is 0.154. The molecule has 1 N–H and O–H groups in total. The Balaban J connectivity index is 1.88. The van der Waals surface area contributed by atoms with Crippen LogP contribution in [-0.4, -0.2) is 20.2 Å².